The number of likely N-dealkylation sites (tertiary alicyclic amines) is 1. The Morgan fingerprint density at radius 2 is 2.25 bits per heavy atom. The van der Waals surface area contributed by atoms with Gasteiger partial charge in [0.25, 0.3) is 0 Å². The molecule has 0 radical (unpaired) electrons. The molecule has 16 heavy (non-hydrogen) atoms. The summed E-state index contributed by atoms with van der Waals surface area (Å²) in [4.78, 5) is 24.0. The van der Waals surface area contributed by atoms with Crippen LogP contribution < -0.4 is 5.32 Å². The third-order valence-electron chi connectivity index (χ3n) is 2.85. The van der Waals surface area contributed by atoms with E-state index < -0.39 is 18.0 Å². The zero-order valence-corrected chi connectivity index (χ0v) is 9.35. The Morgan fingerprint density at radius 1 is 1.56 bits per heavy atom. The van der Waals surface area contributed by atoms with Gasteiger partial charge in [-0.25, -0.2) is 9.59 Å². The van der Waals surface area contributed by atoms with Gasteiger partial charge in [-0.3, -0.25) is 0 Å². The molecule has 2 unspecified atom stereocenters. The molecule has 0 aromatic heterocycles. The Hall–Kier alpha value is -1.30. The maximum Gasteiger partial charge on any atom is 0.326 e. The van der Waals surface area contributed by atoms with Crippen molar-refractivity contribution in [2.75, 3.05) is 13.2 Å². The lowest BCUT2D eigenvalue weighted by Crippen LogP contribution is -2.49. The molecule has 2 atom stereocenters. The summed E-state index contributed by atoms with van der Waals surface area (Å²) >= 11 is 0. The number of rotatable bonds is 4. The number of aliphatic carboxylic acids is 1. The van der Waals surface area contributed by atoms with Gasteiger partial charge >= 0.3 is 12.0 Å². The first-order chi connectivity index (χ1) is 7.60. The van der Waals surface area contributed by atoms with Crippen LogP contribution in [0.1, 0.15) is 26.2 Å². The minimum atomic E-state index is -1.03. The van der Waals surface area contributed by atoms with Gasteiger partial charge in [0.15, 0.2) is 0 Å². The molecule has 3 N–H and O–H groups in total. The van der Waals surface area contributed by atoms with E-state index in [-0.39, 0.29) is 12.6 Å². The Morgan fingerprint density at radius 3 is 2.75 bits per heavy atom. The first-order valence-corrected chi connectivity index (χ1v) is 5.51. The zero-order valence-electron chi connectivity index (χ0n) is 9.35. The van der Waals surface area contributed by atoms with E-state index in [4.69, 9.17) is 10.2 Å². The van der Waals surface area contributed by atoms with Crippen LogP contribution >= 0.6 is 0 Å². The number of aliphatic hydroxyl groups is 1. The molecule has 1 rings (SSSR count). The molecular weight excluding hydrogens is 212 g/mol. The zero-order chi connectivity index (χ0) is 12.1. The molecule has 1 fully saturated rings. The van der Waals surface area contributed by atoms with Crippen LogP contribution in [-0.4, -0.2) is 52.3 Å². The molecule has 1 aliphatic rings. The van der Waals surface area contributed by atoms with E-state index in [2.05, 4.69) is 5.32 Å². The van der Waals surface area contributed by atoms with E-state index in [0.29, 0.717) is 13.0 Å². The molecule has 6 nitrogen and oxygen atoms in total. The minimum Gasteiger partial charge on any atom is -0.480 e. The van der Waals surface area contributed by atoms with Crippen molar-refractivity contribution < 1.29 is 19.8 Å². The summed E-state index contributed by atoms with van der Waals surface area (Å²) in [5.41, 5.74) is 0. The maximum absolute atomic E-state index is 11.7. The fourth-order valence-corrected chi connectivity index (χ4v) is 1.86. The van der Waals surface area contributed by atoms with Crippen molar-refractivity contribution in [2.45, 2.75) is 38.3 Å². The second kappa shape index (κ2) is 5.69. The highest BCUT2D eigenvalue weighted by molar-refractivity contribution is 5.82. The summed E-state index contributed by atoms with van der Waals surface area (Å²) in [6, 6.07) is -1.43. The van der Waals surface area contributed by atoms with Crippen LogP contribution in [0.4, 0.5) is 4.79 Å². The van der Waals surface area contributed by atoms with Gasteiger partial charge in [0, 0.05) is 6.54 Å². The predicted molar refractivity (Wildman–Crippen MR) is 57.1 cm³/mol. The monoisotopic (exact) mass is 230 g/mol. The number of hydrogen-bond acceptors (Lipinski definition) is 3. The van der Waals surface area contributed by atoms with Crippen LogP contribution in [0.5, 0.6) is 0 Å². The van der Waals surface area contributed by atoms with Crippen LogP contribution in [0, 0.1) is 0 Å². The second-order valence-corrected chi connectivity index (χ2v) is 3.92. The van der Waals surface area contributed by atoms with Gasteiger partial charge in [0.1, 0.15) is 6.04 Å². The third-order valence-corrected chi connectivity index (χ3v) is 2.85. The molecule has 0 saturated carbocycles. The van der Waals surface area contributed by atoms with Crippen molar-refractivity contribution in [3.05, 3.63) is 0 Å². The molecule has 0 aliphatic carbocycles. The molecule has 1 saturated heterocycles. The lowest BCUT2D eigenvalue weighted by atomic mass is 10.2. The Bertz CT molecular complexity index is 270. The highest BCUT2D eigenvalue weighted by Crippen LogP contribution is 2.16. The molecule has 0 bridgehead atoms. The Kier molecular flexibility index (Phi) is 4.54. The first-order valence-electron chi connectivity index (χ1n) is 5.51. The topological polar surface area (TPSA) is 89.9 Å². The van der Waals surface area contributed by atoms with Gasteiger partial charge in [-0.05, 0) is 19.3 Å². The highest BCUT2D eigenvalue weighted by Gasteiger charge is 2.30. The molecule has 1 aliphatic heterocycles. The normalized spacial score (nSPS) is 21.9. The van der Waals surface area contributed by atoms with Crippen LogP contribution in [-0.2, 0) is 4.79 Å². The van der Waals surface area contributed by atoms with Crippen molar-refractivity contribution in [3.63, 3.8) is 0 Å². The predicted octanol–water partition coefficient (Wildman–Crippen LogP) is 0.0159. The van der Waals surface area contributed by atoms with E-state index in [1.54, 1.807) is 6.92 Å². The fourth-order valence-electron chi connectivity index (χ4n) is 1.86. The molecule has 2 amide bonds. The summed E-state index contributed by atoms with van der Waals surface area (Å²) < 4.78 is 0. The molecule has 0 aromatic carbocycles. The number of hydrogen-bond donors (Lipinski definition) is 3. The summed E-state index contributed by atoms with van der Waals surface area (Å²) in [5.74, 6) is -1.03. The standard InChI is InChI=1S/C10H18N2O4/c1-2-8(9(14)15)11-10(16)12-5-3-4-7(12)6-13/h7-8,13H,2-6H2,1H3,(H,11,16)(H,14,15). The number of carbonyl (C=O) groups is 2. The van der Waals surface area contributed by atoms with Crippen LogP contribution in [0.15, 0.2) is 0 Å². The number of carbonyl (C=O) groups excluding carboxylic acids is 1. The Labute approximate surface area is 94.2 Å². The number of carboxylic acid groups (broad SMARTS) is 1. The first kappa shape index (κ1) is 12.8. The number of urea groups is 1. The third kappa shape index (κ3) is 2.85. The lowest BCUT2D eigenvalue weighted by molar-refractivity contribution is -0.139. The van der Waals surface area contributed by atoms with E-state index in [9.17, 15) is 9.59 Å². The molecule has 0 spiro atoms. The van der Waals surface area contributed by atoms with Gasteiger partial charge in [0.05, 0.1) is 12.6 Å². The van der Waals surface area contributed by atoms with Gasteiger partial charge < -0.3 is 20.4 Å². The summed E-state index contributed by atoms with van der Waals surface area (Å²) in [6.07, 6.45) is 1.97. The fraction of sp³-hybridized carbons (Fsp3) is 0.800. The minimum absolute atomic E-state index is 0.0721. The summed E-state index contributed by atoms with van der Waals surface area (Å²) in [5, 5.41) is 20.3. The number of aliphatic hydroxyl groups excluding tert-OH is 1. The van der Waals surface area contributed by atoms with E-state index in [1.165, 1.54) is 4.90 Å². The maximum atomic E-state index is 11.7. The van der Waals surface area contributed by atoms with Crippen LogP contribution in [0.25, 0.3) is 0 Å². The number of carboxylic acids is 1. The SMILES string of the molecule is CCC(NC(=O)N1CCCC1CO)C(=O)O. The average molecular weight is 230 g/mol. The summed E-state index contributed by atoms with van der Waals surface area (Å²) in [6.45, 7) is 2.21. The lowest BCUT2D eigenvalue weighted by Gasteiger charge is -2.25. The van der Waals surface area contributed by atoms with Crippen molar-refractivity contribution in [1.29, 1.82) is 0 Å². The van der Waals surface area contributed by atoms with Crippen molar-refractivity contribution in [2.24, 2.45) is 0 Å². The molecule has 0 aromatic rings. The smallest absolute Gasteiger partial charge is 0.326 e. The van der Waals surface area contributed by atoms with Crippen LogP contribution in [0.3, 0.4) is 0 Å². The highest BCUT2D eigenvalue weighted by atomic mass is 16.4. The van der Waals surface area contributed by atoms with Gasteiger partial charge in [-0.15, -0.1) is 0 Å². The van der Waals surface area contributed by atoms with Gasteiger partial charge in [-0.1, -0.05) is 6.92 Å². The Balaban J connectivity index is 2.54. The molecular formula is C10H18N2O4. The molecule has 92 valence electrons. The number of nitrogens with zero attached hydrogens (tertiary/aromatic N) is 1. The average Bonchev–Trinajstić information content (AvgIpc) is 2.72. The van der Waals surface area contributed by atoms with Gasteiger partial charge in [-0.2, -0.15) is 0 Å². The molecule has 1 heterocycles. The quantitative estimate of drug-likeness (QED) is 0.635. The number of amides is 2. The largest absolute Gasteiger partial charge is 0.480 e. The summed E-state index contributed by atoms with van der Waals surface area (Å²) in [7, 11) is 0. The van der Waals surface area contributed by atoms with Crippen molar-refractivity contribution in [3.8, 4) is 0 Å². The van der Waals surface area contributed by atoms with E-state index in [1.807, 2.05) is 0 Å². The second-order valence-electron chi connectivity index (χ2n) is 3.92. The van der Waals surface area contributed by atoms with Crippen molar-refractivity contribution >= 4 is 12.0 Å². The van der Waals surface area contributed by atoms with Gasteiger partial charge in [0.2, 0.25) is 0 Å². The van der Waals surface area contributed by atoms with Crippen molar-refractivity contribution in [1.82, 2.24) is 10.2 Å². The molecule has 6 heteroatoms. The number of nitrogens with one attached hydrogen (secondary N) is 1. The van der Waals surface area contributed by atoms with Crippen LogP contribution in [0.2, 0.25) is 0 Å². The van der Waals surface area contributed by atoms with E-state index in [0.717, 1.165) is 12.8 Å². The van der Waals surface area contributed by atoms with E-state index >= 15 is 0 Å².